The molecule has 0 radical (unpaired) electrons. The molecule has 4 heteroatoms. The Hall–Kier alpha value is -0.160. The second-order valence-corrected chi connectivity index (χ2v) is 8.49. The van der Waals surface area contributed by atoms with Crippen LogP contribution in [0.2, 0.25) is 0 Å². The molecule has 2 N–H and O–H groups in total. The number of hydrogen-bond donors (Lipinski definition) is 2. The van der Waals surface area contributed by atoms with Crippen LogP contribution >= 0.6 is 0 Å². The molecule has 0 aromatic heterocycles. The molecule has 0 amide bonds. The van der Waals surface area contributed by atoms with Crippen LogP contribution in [0.25, 0.3) is 0 Å². The first kappa shape index (κ1) is 20.2. The van der Waals surface area contributed by atoms with Crippen LogP contribution in [-0.4, -0.2) is 74.2 Å². The van der Waals surface area contributed by atoms with Gasteiger partial charge >= 0.3 is 0 Å². The van der Waals surface area contributed by atoms with Crippen molar-refractivity contribution >= 4 is 0 Å². The van der Waals surface area contributed by atoms with E-state index in [1.165, 1.54) is 77.9 Å². The normalized spacial score (nSPS) is 28.2. The maximum Gasteiger partial charge on any atom is 0.0217 e. The molecule has 0 saturated carbocycles. The van der Waals surface area contributed by atoms with Gasteiger partial charge in [-0.2, -0.15) is 0 Å². The summed E-state index contributed by atoms with van der Waals surface area (Å²) in [6.45, 7) is 17.6. The summed E-state index contributed by atoms with van der Waals surface area (Å²) in [6.07, 6.45) is 6.98. The molecule has 2 spiro atoms. The van der Waals surface area contributed by atoms with E-state index in [1.807, 2.05) is 13.8 Å². The molecule has 4 rings (SSSR count). The van der Waals surface area contributed by atoms with E-state index < -0.39 is 0 Å². The number of nitrogens with zero attached hydrogens (tertiary/aromatic N) is 2. The maximum atomic E-state index is 3.55. The van der Waals surface area contributed by atoms with Gasteiger partial charge in [0.1, 0.15) is 0 Å². The highest BCUT2D eigenvalue weighted by Gasteiger charge is 2.40. The van der Waals surface area contributed by atoms with E-state index in [2.05, 4.69) is 41.3 Å². The molecule has 0 aromatic carbocycles. The third-order valence-corrected chi connectivity index (χ3v) is 6.64. The Morgan fingerprint density at radius 3 is 1.71 bits per heavy atom. The van der Waals surface area contributed by atoms with Gasteiger partial charge in [0.15, 0.2) is 0 Å². The van der Waals surface area contributed by atoms with Crippen molar-refractivity contribution < 1.29 is 0 Å². The SMILES string of the molecule is CC.CC(C)N1CCC2(CC1)CNC2.CN1CCC2(CCN2)CC1. The molecule has 0 aliphatic carbocycles. The molecule has 4 saturated heterocycles. The van der Waals surface area contributed by atoms with Crippen molar-refractivity contribution in [3.05, 3.63) is 0 Å². The van der Waals surface area contributed by atoms with Gasteiger partial charge in [0.25, 0.3) is 0 Å². The summed E-state index contributed by atoms with van der Waals surface area (Å²) in [5.74, 6) is 0. The molecule has 24 heavy (non-hydrogen) atoms. The summed E-state index contributed by atoms with van der Waals surface area (Å²) >= 11 is 0. The van der Waals surface area contributed by atoms with Gasteiger partial charge in [0.2, 0.25) is 0 Å². The lowest BCUT2D eigenvalue weighted by molar-refractivity contribution is 0.0418. The minimum Gasteiger partial charge on any atom is -0.316 e. The monoisotopic (exact) mass is 338 g/mol. The van der Waals surface area contributed by atoms with Crippen molar-refractivity contribution in [3.63, 3.8) is 0 Å². The van der Waals surface area contributed by atoms with Gasteiger partial charge in [-0.1, -0.05) is 13.8 Å². The van der Waals surface area contributed by atoms with Gasteiger partial charge in [0.05, 0.1) is 0 Å². The third-order valence-electron chi connectivity index (χ3n) is 6.64. The third kappa shape index (κ3) is 4.94. The van der Waals surface area contributed by atoms with Crippen LogP contribution < -0.4 is 10.6 Å². The van der Waals surface area contributed by atoms with Crippen LogP contribution in [-0.2, 0) is 0 Å². The molecular formula is C20H42N4. The molecular weight excluding hydrogens is 296 g/mol. The van der Waals surface area contributed by atoms with Crippen LogP contribution in [0.5, 0.6) is 0 Å². The molecule has 4 aliphatic rings. The highest BCUT2D eigenvalue weighted by Crippen LogP contribution is 2.35. The Labute approximate surface area is 150 Å². The highest BCUT2D eigenvalue weighted by atomic mass is 15.2. The number of likely N-dealkylation sites (tertiary alicyclic amines) is 2. The molecule has 0 bridgehead atoms. The zero-order valence-electron chi connectivity index (χ0n) is 17.0. The summed E-state index contributed by atoms with van der Waals surface area (Å²) in [5, 5.41) is 6.95. The predicted molar refractivity (Wildman–Crippen MR) is 105 cm³/mol. The average Bonchev–Trinajstić information content (AvgIpc) is 2.55. The lowest BCUT2D eigenvalue weighted by Gasteiger charge is -2.49. The molecule has 4 heterocycles. The smallest absolute Gasteiger partial charge is 0.0217 e. The van der Waals surface area contributed by atoms with Gasteiger partial charge in [-0.15, -0.1) is 0 Å². The predicted octanol–water partition coefficient (Wildman–Crippen LogP) is 2.55. The number of nitrogens with one attached hydrogen (secondary N) is 2. The maximum absolute atomic E-state index is 3.55. The Bertz CT molecular complexity index is 341. The lowest BCUT2D eigenvalue weighted by atomic mass is 9.73. The fourth-order valence-electron chi connectivity index (χ4n) is 4.30. The second kappa shape index (κ2) is 8.98. The van der Waals surface area contributed by atoms with Crippen LogP contribution in [0.4, 0.5) is 0 Å². The minimum absolute atomic E-state index is 0.590. The van der Waals surface area contributed by atoms with E-state index in [1.54, 1.807) is 0 Å². The second-order valence-electron chi connectivity index (χ2n) is 8.49. The van der Waals surface area contributed by atoms with Gasteiger partial charge in [-0.3, -0.25) is 0 Å². The van der Waals surface area contributed by atoms with Crippen molar-refractivity contribution in [2.75, 3.05) is 52.9 Å². The first-order valence-corrected chi connectivity index (χ1v) is 10.4. The molecule has 0 aromatic rings. The van der Waals surface area contributed by atoms with Gasteiger partial charge in [-0.05, 0) is 91.1 Å². The fourth-order valence-corrected chi connectivity index (χ4v) is 4.30. The summed E-state index contributed by atoms with van der Waals surface area (Å²) in [7, 11) is 2.21. The average molecular weight is 339 g/mol. The number of piperidine rings is 2. The molecule has 0 unspecified atom stereocenters. The summed E-state index contributed by atoms with van der Waals surface area (Å²) in [6, 6.07) is 0.746. The van der Waals surface area contributed by atoms with Crippen LogP contribution in [0.3, 0.4) is 0 Å². The first-order chi connectivity index (χ1) is 11.5. The Morgan fingerprint density at radius 1 is 0.833 bits per heavy atom. The van der Waals surface area contributed by atoms with Crippen molar-refractivity contribution in [2.45, 2.75) is 71.4 Å². The van der Waals surface area contributed by atoms with Gasteiger partial charge < -0.3 is 20.4 Å². The number of rotatable bonds is 1. The minimum atomic E-state index is 0.590. The highest BCUT2D eigenvalue weighted by molar-refractivity contribution is 4.99. The fraction of sp³-hybridized carbons (Fsp3) is 1.00. The van der Waals surface area contributed by atoms with Crippen molar-refractivity contribution in [3.8, 4) is 0 Å². The van der Waals surface area contributed by atoms with E-state index in [9.17, 15) is 0 Å². The van der Waals surface area contributed by atoms with Gasteiger partial charge in [0, 0.05) is 24.7 Å². The van der Waals surface area contributed by atoms with Crippen molar-refractivity contribution in [1.82, 2.24) is 20.4 Å². The zero-order valence-corrected chi connectivity index (χ0v) is 17.0. The Balaban J connectivity index is 0.000000160. The Kier molecular flexibility index (Phi) is 7.54. The van der Waals surface area contributed by atoms with Crippen molar-refractivity contribution in [2.24, 2.45) is 5.41 Å². The molecule has 0 atom stereocenters. The standard InChI is InChI=1S/C10H20N2.C8H16N2.C2H6/c1-9(2)12-5-3-10(4-6-12)7-11-8-10;1-10-6-3-8(4-7-10)2-5-9-8;1-2/h9,11H,3-8H2,1-2H3;9H,2-7H2,1H3;1-2H3. The molecule has 142 valence electrons. The van der Waals surface area contributed by atoms with E-state index in [0.29, 0.717) is 11.0 Å². The lowest BCUT2D eigenvalue weighted by Crippen LogP contribution is -2.61. The van der Waals surface area contributed by atoms with Crippen molar-refractivity contribution in [1.29, 1.82) is 0 Å². The van der Waals surface area contributed by atoms with Crippen LogP contribution in [0.15, 0.2) is 0 Å². The summed E-state index contributed by atoms with van der Waals surface area (Å²) < 4.78 is 0. The zero-order chi connectivity index (χ0) is 17.6. The van der Waals surface area contributed by atoms with E-state index in [0.717, 1.165) is 6.04 Å². The van der Waals surface area contributed by atoms with Gasteiger partial charge in [-0.25, -0.2) is 0 Å². The molecule has 4 fully saturated rings. The topological polar surface area (TPSA) is 30.5 Å². The summed E-state index contributed by atoms with van der Waals surface area (Å²) in [4.78, 5) is 5.02. The van der Waals surface area contributed by atoms with Crippen LogP contribution in [0, 0.1) is 5.41 Å². The first-order valence-electron chi connectivity index (χ1n) is 10.4. The molecule has 4 aliphatic heterocycles. The largest absolute Gasteiger partial charge is 0.316 e. The Morgan fingerprint density at radius 2 is 1.38 bits per heavy atom. The summed E-state index contributed by atoms with van der Waals surface area (Å²) in [5.41, 5.74) is 1.30. The van der Waals surface area contributed by atoms with Crippen LogP contribution in [0.1, 0.15) is 59.8 Å². The van der Waals surface area contributed by atoms with E-state index in [-0.39, 0.29) is 0 Å². The molecule has 4 nitrogen and oxygen atoms in total. The quantitative estimate of drug-likeness (QED) is 0.769. The number of hydrogen-bond acceptors (Lipinski definition) is 4. The van der Waals surface area contributed by atoms with E-state index in [4.69, 9.17) is 0 Å². The van der Waals surface area contributed by atoms with E-state index >= 15 is 0 Å².